The fraction of sp³-hybridized carbons (Fsp3) is 0.588. The van der Waals surface area contributed by atoms with Crippen molar-refractivity contribution in [2.45, 2.75) is 45.6 Å². The van der Waals surface area contributed by atoms with Crippen LogP contribution in [0.4, 0.5) is 4.39 Å². The smallest absolute Gasteiger partial charge is 0.257 e. The molecule has 0 aromatic heterocycles. The van der Waals surface area contributed by atoms with Crippen LogP contribution in [0.25, 0.3) is 0 Å². The molecule has 0 radical (unpaired) electrons. The minimum absolute atomic E-state index is 0.140. The van der Waals surface area contributed by atoms with E-state index in [-0.39, 0.29) is 17.5 Å². The highest BCUT2D eigenvalue weighted by Crippen LogP contribution is 2.29. The lowest BCUT2D eigenvalue weighted by atomic mass is 9.83. The van der Waals surface area contributed by atoms with E-state index in [0.29, 0.717) is 19.0 Å². The van der Waals surface area contributed by atoms with Crippen molar-refractivity contribution in [1.82, 2.24) is 4.90 Å². The number of halogens is 1. The Morgan fingerprint density at radius 1 is 1.38 bits per heavy atom. The number of hydrogen-bond donors (Lipinski definition) is 1. The maximum Gasteiger partial charge on any atom is 0.257 e. The Balaban J connectivity index is 2.27. The summed E-state index contributed by atoms with van der Waals surface area (Å²) >= 11 is 0. The van der Waals surface area contributed by atoms with Crippen LogP contribution in [0.5, 0.6) is 0 Å². The highest BCUT2D eigenvalue weighted by molar-refractivity contribution is 5.95. The Labute approximate surface area is 126 Å². The Hall–Kier alpha value is -1.42. The first-order valence-corrected chi connectivity index (χ1v) is 7.85. The molecule has 0 saturated heterocycles. The van der Waals surface area contributed by atoms with E-state index in [9.17, 15) is 9.18 Å². The quantitative estimate of drug-likeness (QED) is 0.927. The van der Waals surface area contributed by atoms with Crippen LogP contribution in [0.3, 0.4) is 0 Å². The number of aryl methyl sites for hydroxylation is 1. The van der Waals surface area contributed by atoms with Gasteiger partial charge in [-0.3, -0.25) is 4.79 Å². The average Bonchev–Trinajstić information content (AvgIpc) is 2.50. The number of nitrogens with two attached hydrogens (primary N) is 1. The van der Waals surface area contributed by atoms with Gasteiger partial charge in [0.1, 0.15) is 5.82 Å². The summed E-state index contributed by atoms with van der Waals surface area (Å²) in [6, 6.07) is 4.84. The van der Waals surface area contributed by atoms with Crippen LogP contribution in [0, 0.1) is 18.7 Å². The van der Waals surface area contributed by atoms with Gasteiger partial charge in [0.25, 0.3) is 5.91 Å². The van der Waals surface area contributed by atoms with Gasteiger partial charge in [0.2, 0.25) is 0 Å². The van der Waals surface area contributed by atoms with Crippen LogP contribution < -0.4 is 5.73 Å². The first-order valence-electron chi connectivity index (χ1n) is 7.85. The van der Waals surface area contributed by atoms with E-state index in [4.69, 9.17) is 5.73 Å². The summed E-state index contributed by atoms with van der Waals surface area (Å²) < 4.78 is 14.0. The Morgan fingerprint density at radius 3 is 2.76 bits per heavy atom. The van der Waals surface area contributed by atoms with Gasteiger partial charge in [0.05, 0.1) is 5.56 Å². The van der Waals surface area contributed by atoms with Gasteiger partial charge in [-0.2, -0.15) is 0 Å². The van der Waals surface area contributed by atoms with Crippen LogP contribution >= 0.6 is 0 Å². The zero-order valence-electron chi connectivity index (χ0n) is 12.9. The number of amides is 1. The van der Waals surface area contributed by atoms with Crippen LogP contribution in [-0.2, 0) is 0 Å². The van der Waals surface area contributed by atoms with Crippen molar-refractivity contribution in [2.24, 2.45) is 11.7 Å². The molecule has 0 spiro atoms. The second-order valence-electron chi connectivity index (χ2n) is 5.92. The van der Waals surface area contributed by atoms with E-state index >= 15 is 0 Å². The monoisotopic (exact) mass is 292 g/mol. The number of nitrogens with zero attached hydrogens (tertiary/aromatic N) is 1. The number of carbonyl (C=O) groups is 1. The Morgan fingerprint density at radius 2 is 2.10 bits per heavy atom. The van der Waals surface area contributed by atoms with Crippen molar-refractivity contribution < 1.29 is 9.18 Å². The first kappa shape index (κ1) is 16.0. The summed E-state index contributed by atoms with van der Waals surface area (Å²) in [5, 5.41) is 0. The number of carbonyl (C=O) groups excluding carboxylic acids is 1. The minimum atomic E-state index is -0.441. The molecule has 3 nitrogen and oxygen atoms in total. The predicted molar refractivity (Wildman–Crippen MR) is 82.6 cm³/mol. The largest absolute Gasteiger partial charge is 0.336 e. The first-order chi connectivity index (χ1) is 10.1. The van der Waals surface area contributed by atoms with Crippen molar-refractivity contribution in [3.8, 4) is 0 Å². The molecule has 1 saturated carbocycles. The summed E-state index contributed by atoms with van der Waals surface area (Å²) in [5.74, 6) is -0.316. The SMILES string of the molecule is CCN(C(=O)c1cc(C)ccc1F)C1CCCCC1CN. The van der Waals surface area contributed by atoms with E-state index < -0.39 is 5.82 Å². The molecular weight excluding hydrogens is 267 g/mol. The second kappa shape index (κ2) is 7.03. The van der Waals surface area contributed by atoms with Crippen LogP contribution in [0.1, 0.15) is 48.5 Å². The van der Waals surface area contributed by atoms with E-state index in [1.54, 1.807) is 12.1 Å². The van der Waals surface area contributed by atoms with E-state index in [0.717, 1.165) is 24.8 Å². The van der Waals surface area contributed by atoms with E-state index in [1.165, 1.54) is 12.5 Å². The topological polar surface area (TPSA) is 46.3 Å². The van der Waals surface area contributed by atoms with Crippen LogP contribution in [0.15, 0.2) is 18.2 Å². The molecule has 1 aromatic carbocycles. The van der Waals surface area contributed by atoms with Crippen molar-refractivity contribution in [2.75, 3.05) is 13.1 Å². The molecule has 1 aliphatic carbocycles. The van der Waals surface area contributed by atoms with Crippen molar-refractivity contribution in [3.63, 3.8) is 0 Å². The Kier molecular flexibility index (Phi) is 5.34. The molecule has 1 amide bonds. The van der Waals surface area contributed by atoms with Gasteiger partial charge in [-0.15, -0.1) is 0 Å². The molecule has 21 heavy (non-hydrogen) atoms. The lowest BCUT2D eigenvalue weighted by molar-refractivity contribution is 0.0555. The molecule has 0 aliphatic heterocycles. The van der Waals surface area contributed by atoms with Gasteiger partial charge in [-0.25, -0.2) is 4.39 Å². The summed E-state index contributed by atoms with van der Waals surface area (Å²) in [4.78, 5) is 14.6. The molecular formula is C17H25FN2O. The van der Waals surface area contributed by atoms with E-state index in [2.05, 4.69) is 0 Å². The molecule has 2 N–H and O–H groups in total. The molecule has 2 atom stereocenters. The average molecular weight is 292 g/mol. The van der Waals surface area contributed by atoms with Crippen molar-refractivity contribution >= 4 is 5.91 Å². The number of rotatable bonds is 4. The lowest BCUT2D eigenvalue weighted by Gasteiger charge is -2.39. The lowest BCUT2D eigenvalue weighted by Crippen LogP contribution is -2.48. The molecule has 4 heteroatoms. The minimum Gasteiger partial charge on any atom is -0.336 e. The predicted octanol–water partition coefficient (Wildman–Crippen LogP) is 3.11. The van der Waals surface area contributed by atoms with Gasteiger partial charge < -0.3 is 10.6 Å². The summed E-state index contributed by atoms with van der Waals surface area (Å²) in [5.41, 5.74) is 6.94. The fourth-order valence-corrected chi connectivity index (χ4v) is 3.36. The van der Waals surface area contributed by atoms with Gasteiger partial charge in [-0.05, 0) is 51.3 Å². The number of benzene rings is 1. The van der Waals surface area contributed by atoms with Crippen molar-refractivity contribution in [3.05, 3.63) is 35.1 Å². The normalized spacial score (nSPS) is 22.1. The second-order valence-corrected chi connectivity index (χ2v) is 5.92. The maximum atomic E-state index is 14.0. The third-order valence-electron chi connectivity index (χ3n) is 4.53. The maximum absolute atomic E-state index is 14.0. The summed E-state index contributed by atoms with van der Waals surface area (Å²) in [6.07, 6.45) is 4.31. The van der Waals surface area contributed by atoms with Gasteiger partial charge in [0, 0.05) is 12.6 Å². The van der Waals surface area contributed by atoms with Gasteiger partial charge in [0.15, 0.2) is 0 Å². The molecule has 1 aliphatic rings. The van der Waals surface area contributed by atoms with Gasteiger partial charge in [-0.1, -0.05) is 24.5 Å². The molecule has 1 aromatic rings. The third-order valence-corrected chi connectivity index (χ3v) is 4.53. The molecule has 0 heterocycles. The molecule has 2 rings (SSSR count). The van der Waals surface area contributed by atoms with Crippen molar-refractivity contribution in [1.29, 1.82) is 0 Å². The third kappa shape index (κ3) is 3.43. The standard InChI is InChI=1S/C17H25FN2O/c1-3-20(16-7-5-4-6-13(16)11-19)17(21)14-10-12(2)8-9-15(14)18/h8-10,13,16H,3-7,11,19H2,1-2H3. The molecule has 2 unspecified atom stereocenters. The molecule has 1 fully saturated rings. The number of hydrogen-bond acceptors (Lipinski definition) is 2. The highest BCUT2D eigenvalue weighted by Gasteiger charge is 2.32. The summed E-state index contributed by atoms with van der Waals surface area (Å²) in [7, 11) is 0. The van der Waals surface area contributed by atoms with E-state index in [1.807, 2.05) is 18.7 Å². The zero-order valence-corrected chi connectivity index (χ0v) is 12.9. The summed E-state index contributed by atoms with van der Waals surface area (Å²) in [6.45, 7) is 5.00. The van der Waals surface area contributed by atoms with Crippen LogP contribution in [-0.4, -0.2) is 29.9 Å². The Bertz CT molecular complexity index is 504. The highest BCUT2D eigenvalue weighted by atomic mass is 19.1. The fourth-order valence-electron chi connectivity index (χ4n) is 3.36. The van der Waals surface area contributed by atoms with Crippen LogP contribution in [0.2, 0.25) is 0 Å². The molecule has 116 valence electrons. The van der Waals surface area contributed by atoms with Gasteiger partial charge >= 0.3 is 0 Å². The zero-order chi connectivity index (χ0) is 15.4. The molecule has 0 bridgehead atoms.